The second-order valence-electron chi connectivity index (χ2n) is 12.5. The monoisotopic (exact) mass is 641 g/mol. The summed E-state index contributed by atoms with van der Waals surface area (Å²) in [6, 6.07) is 5.47. The van der Waals surface area contributed by atoms with Crippen molar-refractivity contribution in [1.29, 1.82) is 0 Å². The molecule has 258 valence electrons. The molecule has 0 bridgehead atoms. The molecule has 0 spiro atoms. The van der Waals surface area contributed by atoms with E-state index in [0.29, 0.717) is 37.1 Å². The number of hydrogen-bond donors (Lipinski definition) is 6. The maximum Gasteiger partial charge on any atom is 0.414 e. The molecule has 8 N–H and O–H groups in total. The average Bonchev–Trinajstić information content (AvgIpc) is 2.96. The molecule has 4 atom stereocenters. The summed E-state index contributed by atoms with van der Waals surface area (Å²) in [5.41, 5.74) is 12.2. The molecule has 45 heavy (non-hydrogen) atoms. The number of hydrogen-bond acceptors (Lipinski definition) is 9. The summed E-state index contributed by atoms with van der Waals surface area (Å²) < 4.78 is 16.5. The van der Waals surface area contributed by atoms with Crippen molar-refractivity contribution in [3.63, 3.8) is 0 Å². The van der Waals surface area contributed by atoms with E-state index in [9.17, 15) is 14.7 Å². The number of nitrogens with two attached hydrogens (primary N) is 2. The smallest absolute Gasteiger partial charge is 0.414 e. The Hall–Kier alpha value is -3.42. The largest absolute Gasteiger partial charge is 0.493 e. The van der Waals surface area contributed by atoms with E-state index in [4.69, 9.17) is 45.5 Å². The highest BCUT2D eigenvalue weighted by molar-refractivity contribution is 6.27. The van der Waals surface area contributed by atoms with Crippen LogP contribution in [-0.2, 0) is 30.3 Å². The molecular formula is C32H55N3O10. The Morgan fingerprint density at radius 2 is 1.53 bits per heavy atom. The van der Waals surface area contributed by atoms with Gasteiger partial charge in [0.05, 0.1) is 25.2 Å². The van der Waals surface area contributed by atoms with E-state index in [-0.39, 0.29) is 30.7 Å². The molecule has 0 aromatic heterocycles. The van der Waals surface area contributed by atoms with Crippen LogP contribution in [0.15, 0.2) is 18.2 Å². The zero-order valence-corrected chi connectivity index (χ0v) is 28.0. The average molecular weight is 642 g/mol. The molecule has 0 aliphatic rings. The van der Waals surface area contributed by atoms with Crippen LogP contribution in [0.5, 0.6) is 11.5 Å². The molecular weight excluding hydrogens is 586 g/mol. The van der Waals surface area contributed by atoms with Crippen molar-refractivity contribution in [1.82, 2.24) is 5.32 Å². The van der Waals surface area contributed by atoms with Crippen LogP contribution in [0.2, 0.25) is 0 Å². The molecule has 0 saturated heterocycles. The number of ether oxygens (including phenoxy) is 3. The van der Waals surface area contributed by atoms with E-state index < -0.39 is 41.3 Å². The van der Waals surface area contributed by atoms with Gasteiger partial charge in [-0.25, -0.2) is 9.59 Å². The lowest BCUT2D eigenvalue weighted by Gasteiger charge is -2.30. The topological polar surface area (TPSA) is 221 Å². The molecule has 2 amide bonds. The normalized spacial score (nSPS) is 14.0. The predicted octanol–water partition coefficient (Wildman–Crippen LogP) is 2.45. The minimum Gasteiger partial charge on any atom is -0.493 e. The minimum atomic E-state index is -1.82. The number of aliphatic hydroxyl groups is 1. The third-order valence-corrected chi connectivity index (χ3v) is 7.68. The van der Waals surface area contributed by atoms with Crippen molar-refractivity contribution in [2.24, 2.45) is 40.6 Å². The first-order chi connectivity index (χ1) is 20.9. The zero-order chi connectivity index (χ0) is 34.9. The van der Waals surface area contributed by atoms with Gasteiger partial charge in [0.15, 0.2) is 11.5 Å². The van der Waals surface area contributed by atoms with Gasteiger partial charge < -0.3 is 46.3 Å². The Kier molecular flexibility index (Phi) is 19.0. The van der Waals surface area contributed by atoms with Crippen LogP contribution in [0.4, 0.5) is 0 Å². The van der Waals surface area contributed by atoms with Crippen molar-refractivity contribution in [3.8, 4) is 11.5 Å². The van der Waals surface area contributed by atoms with E-state index in [1.807, 2.05) is 32.0 Å². The number of rotatable bonds is 19. The summed E-state index contributed by atoms with van der Waals surface area (Å²) in [4.78, 5) is 42.7. The zero-order valence-electron chi connectivity index (χ0n) is 28.0. The Morgan fingerprint density at radius 3 is 2.00 bits per heavy atom. The number of carbonyl (C=O) groups is 4. The molecule has 1 rings (SSSR count). The second kappa shape index (κ2) is 20.6. The van der Waals surface area contributed by atoms with Crippen molar-refractivity contribution in [3.05, 3.63) is 23.8 Å². The number of carbonyl (C=O) groups excluding carboxylic acids is 2. The van der Waals surface area contributed by atoms with Gasteiger partial charge in [-0.2, -0.15) is 0 Å². The fourth-order valence-corrected chi connectivity index (χ4v) is 4.39. The minimum absolute atomic E-state index is 0.00829. The summed E-state index contributed by atoms with van der Waals surface area (Å²) in [5, 5.41) is 28.6. The van der Waals surface area contributed by atoms with Crippen LogP contribution in [0.25, 0.3) is 0 Å². The number of carboxylic acid groups (broad SMARTS) is 2. The quantitative estimate of drug-likeness (QED) is 0.0951. The van der Waals surface area contributed by atoms with Crippen molar-refractivity contribution in [2.75, 3.05) is 34.0 Å². The highest BCUT2D eigenvalue weighted by Gasteiger charge is 2.32. The number of aliphatic hydroxyl groups excluding tert-OH is 1. The molecule has 0 fully saturated rings. The lowest BCUT2D eigenvalue weighted by atomic mass is 9.80. The summed E-state index contributed by atoms with van der Waals surface area (Å²) in [5.74, 6) is -2.86. The lowest BCUT2D eigenvalue weighted by Crippen LogP contribution is -2.46. The SMILES string of the molecule is COCCCOc1cc(C[C@@H](C[C@H](N)[C@@H](O)C[C@H](C(=O)NCC(C)(C)C(N)=O)C(C)C)C(C)C)ccc1OC.O=C(O)C(=O)O. The van der Waals surface area contributed by atoms with Crippen molar-refractivity contribution in [2.45, 2.75) is 79.4 Å². The highest BCUT2D eigenvalue weighted by Crippen LogP contribution is 2.32. The first kappa shape index (κ1) is 41.6. The lowest BCUT2D eigenvalue weighted by molar-refractivity contribution is -0.159. The Morgan fingerprint density at radius 1 is 0.933 bits per heavy atom. The first-order valence-corrected chi connectivity index (χ1v) is 15.1. The molecule has 1 aromatic rings. The number of methoxy groups -OCH3 is 2. The third kappa shape index (κ3) is 15.9. The van der Waals surface area contributed by atoms with Crippen molar-refractivity contribution < 1.29 is 48.7 Å². The van der Waals surface area contributed by atoms with Crippen LogP contribution in [0.3, 0.4) is 0 Å². The van der Waals surface area contributed by atoms with Gasteiger partial charge in [0.2, 0.25) is 11.8 Å². The third-order valence-electron chi connectivity index (χ3n) is 7.68. The first-order valence-electron chi connectivity index (χ1n) is 15.1. The number of benzene rings is 1. The number of primary amides is 1. The molecule has 0 aliphatic carbocycles. The number of nitrogens with one attached hydrogen (secondary N) is 1. The molecule has 0 aliphatic heterocycles. The van der Waals surface area contributed by atoms with E-state index in [1.165, 1.54) is 0 Å². The van der Waals surface area contributed by atoms with Crippen LogP contribution < -0.4 is 26.3 Å². The summed E-state index contributed by atoms with van der Waals surface area (Å²) in [6.45, 7) is 12.9. The van der Waals surface area contributed by atoms with Gasteiger partial charge in [-0.1, -0.05) is 33.8 Å². The summed E-state index contributed by atoms with van der Waals surface area (Å²) >= 11 is 0. The van der Waals surface area contributed by atoms with E-state index in [1.54, 1.807) is 28.1 Å². The van der Waals surface area contributed by atoms with Gasteiger partial charge in [-0.05, 0) is 68.6 Å². The van der Waals surface area contributed by atoms with E-state index in [2.05, 4.69) is 19.2 Å². The standard InChI is InChI=1S/C30H53N3O6.C2H2O4/c1-19(2)22(14-21-10-11-26(38-8)27(15-21)39-13-9-12-37-7)16-24(31)25(34)17-23(20(3)4)28(35)33-18-30(5,6)29(32)36;3-1(4)2(5)6/h10-11,15,19-20,22-25,34H,9,12-14,16-18,31H2,1-8H3,(H2,32,36)(H,33,35);(H,3,4)(H,5,6)/t22-,23-,24-,25-;/m0./s1. The van der Waals surface area contributed by atoms with E-state index in [0.717, 1.165) is 18.4 Å². The molecule has 0 radical (unpaired) electrons. The van der Waals surface area contributed by atoms with Gasteiger partial charge in [0.25, 0.3) is 0 Å². The Bertz CT molecular complexity index is 1070. The Balaban J connectivity index is 0.00000292. The molecule has 1 aromatic carbocycles. The van der Waals surface area contributed by atoms with Gasteiger partial charge in [0.1, 0.15) is 0 Å². The maximum atomic E-state index is 12.9. The summed E-state index contributed by atoms with van der Waals surface area (Å²) in [7, 11) is 3.29. The van der Waals surface area contributed by atoms with E-state index >= 15 is 0 Å². The number of aliphatic carboxylic acids is 2. The van der Waals surface area contributed by atoms with Gasteiger partial charge >= 0.3 is 11.9 Å². The molecule has 0 saturated carbocycles. The Labute approximate surface area is 267 Å². The van der Waals surface area contributed by atoms with Gasteiger partial charge in [0, 0.05) is 38.6 Å². The van der Waals surface area contributed by atoms with Gasteiger partial charge in [-0.3, -0.25) is 9.59 Å². The van der Waals surface area contributed by atoms with Crippen LogP contribution in [0, 0.1) is 29.1 Å². The second-order valence-corrected chi connectivity index (χ2v) is 12.5. The van der Waals surface area contributed by atoms with Crippen LogP contribution in [-0.4, -0.2) is 85.2 Å². The van der Waals surface area contributed by atoms with Crippen LogP contribution >= 0.6 is 0 Å². The number of amides is 2. The van der Waals surface area contributed by atoms with Gasteiger partial charge in [-0.15, -0.1) is 0 Å². The predicted molar refractivity (Wildman–Crippen MR) is 170 cm³/mol. The maximum absolute atomic E-state index is 12.9. The molecule has 13 nitrogen and oxygen atoms in total. The molecule has 0 unspecified atom stereocenters. The van der Waals surface area contributed by atoms with Crippen molar-refractivity contribution >= 4 is 23.8 Å². The highest BCUT2D eigenvalue weighted by atomic mass is 16.5. The molecule has 0 heterocycles. The fourth-order valence-electron chi connectivity index (χ4n) is 4.39. The van der Waals surface area contributed by atoms with Crippen LogP contribution in [0.1, 0.15) is 66.4 Å². The number of carboxylic acids is 2. The fraction of sp³-hybridized carbons (Fsp3) is 0.688. The summed E-state index contributed by atoms with van der Waals surface area (Å²) in [6.07, 6.45) is 1.56. The molecule has 13 heteroatoms.